The minimum atomic E-state index is 0.134. The predicted molar refractivity (Wildman–Crippen MR) is 74.6 cm³/mol. The topological polar surface area (TPSA) is 26.3 Å². The van der Waals surface area contributed by atoms with Crippen molar-refractivity contribution in [3.05, 3.63) is 65.7 Å². The minimum absolute atomic E-state index is 0.134. The number of hydrogen-bond acceptors (Lipinski definition) is 2. The van der Waals surface area contributed by atoms with E-state index in [0.717, 1.165) is 17.7 Å². The monoisotopic (exact) mass is 252 g/mol. The Labute approximate surface area is 113 Å². The van der Waals surface area contributed by atoms with Gasteiger partial charge in [0.25, 0.3) is 0 Å². The molecule has 0 heterocycles. The van der Waals surface area contributed by atoms with Gasteiger partial charge in [0.2, 0.25) is 0 Å². The zero-order valence-electron chi connectivity index (χ0n) is 10.9. The zero-order chi connectivity index (χ0) is 13.2. The molecule has 0 spiro atoms. The van der Waals surface area contributed by atoms with Crippen LogP contribution in [0.1, 0.15) is 28.3 Å². The van der Waals surface area contributed by atoms with Gasteiger partial charge in [0, 0.05) is 11.5 Å². The highest BCUT2D eigenvalue weighted by molar-refractivity contribution is 6.00. The summed E-state index contributed by atoms with van der Waals surface area (Å²) in [5.41, 5.74) is 2.02. The van der Waals surface area contributed by atoms with Gasteiger partial charge in [-0.15, -0.1) is 0 Å². The first kappa shape index (κ1) is 12.0. The first-order valence-electron chi connectivity index (χ1n) is 6.53. The summed E-state index contributed by atoms with van der Waals surface area (Å²) in [5.74, 6) is 1.49. The molecule has 2 aromatic rings. The van der Waals surface area contributed by atoms with Crippen LogP contribution >= 0.6 is 0 Å². The molecule has 1 saturated carbocycles. The molecule has 2 atom stereocenters. The molecular weight excluding hydrogens is 236 g/mol. The summed E-state index contributed by atoms with van der Waals surface area (Å²) in [5, 5.41) is 0. The lowest BCUT2D eigenvalue weighted by Crippen LogP contribution is -2.03. The second-order valence-electron chi connectivity index (χ2n) is 4.96. The fourth-order valence-electron chi connectivity index (χ4n) is 2.54. The number of hydrogen-bond donors (Lipinski definition) is 0. The van der Waals surface area contributed by atoms with Crippen LogP contribution in [0.5, 0.6) is 5.75 Å². The summed E-state index contributed by atoms with van der Waals surface area (Å²) < 4.78 is 5.16. The summed E-state index contributed by atoms with van der Waals surface area (Å²) in [6, 6.07) is 17.7. The van der Waals surface area contributed by atoms with E-state index in [-0.39, 0.29) is 11.7 Å². The lowest BCUT2D eigenvalue weighted by Gasteiger charge is -2.04. The van der Waals surface area contributed by atoms with Crippen molar-refractivity contribution in [1.82, 2.24) is 0 Å². The van der Waals surface area contributed by atoms with E-state index in [9.17, 15) is 4.79 Å². The number of methoxy groups -OCH3 is 1. The molecule has 2 aromatic carbocycles. The van der Waals surface area contributed by atoms with Gasteiger partial charge in [-0.3, -0.25) is 4.79 Å². The summed E-state index contributed by atoms with van der Waals surface area (Å²) in [6.07, 6.45) is 0.958. The molecule has 0 amide bonds. The van der Waals surface area contributed by atoms with Crippen molar-refractivity contribution in [2.45, 2.75) is 12.3 Å². The van der Waals surface area contributed by atoms with E-state index < -0.39 is 0 Å². The highest BCUT2D eigenvalue weighted by Crippen LogP contribution is 2.49. The van der Waals surface area contributed by atoms with Gasteiger partial charge >= 0.3 is 0 Å². The van der Waals surface area contributed by atoms with Crippen molar-refractivity contribution in [3.8, 4) is 5.75 Å². The van der Waals surface area contributed by atoms with E-state index in [1.165, 1.54) is 5.56 Å². The molecule has 0 bridgehead atoms. The predicted octanol–water partition coefficient (Wildman–Crippen LogP) is 3.68. The van der Waals surface area contributed by atoms with Gasteiger partial charge in [-0.1, -0.05) is 42.5 Å². The van der Waals surface area contributed by atoms with Crippen molar-refractivity contribution >= 4 is 5.78 Å². The molecule has 0 aromatic heterocycles. The summed E-state index contributed by atoms with van der Waals surface area (Å²) in [4.78, 5) is 12.4. The molecule has 96 valence electrons. The van der Waals surface area contributed by atoms with Crippen LogP contribution in [0.2, 0.25) is 0 Å². The lowest BCUT2D eigenvalue weighted by atomic mass is 10.0. The van der Waals surface area contributed by atoms with E-state index >= 15 is 0 Å². The fourth-order valence-corrected chi connectivity index (χ4v) is 2.54. The van der Waals surface area contributed by atoms with Crippen LogP contribution in [0.15, 0.2) is 54.6 Å². The first-order valence-corrected chi connectivity index (χ1v) is 6.53. The molecular formula is C17H16O2. The molecule has 2 heteroatoms. The molecule has 1 fully saturated rings. The second kappa shape index (κ2) is 4.88. The Hall–Kier alpha value is -2.09. The largest absolute Gasteiger partial charge is 0.497 e. The number of Topliss-reactive ketones (excluding diaryl/α,β-unsaturated/α-hetero) is 1. The number of ketones is 1. The van der Waals surface area contributed by atoms with Crippen LogP contribution in [0.4, 0.5) is 0 Å². The van der Waals surface area contributed by atoms with Crippen molar-refractivity contribution in [3.63, 3.8) is 0 Å². The zero-order valence-corrected chi connectivity index (χ0v) is 10.9. The molecule has 0 N–H and O–H groups in total. The summed E-state index contributed by atoms with van der Waals surface area (Å²) >= 11 is 0. The van der Waals surface area contributed by atoms with Gasteiger partial charge in [0.1, 0.15) is 5.75 Å². The Morgan fingerprint density at radius 2 is 1.89 bits per heavy atom. The maximum absolute atomic E-state index is 12.4. The quantitative estimate of drug-likeness (QED) is 0.776. The Bertz CT molecular complexity index is 589. The molecule has 1 aliphatic carbocycles. The van der Waals surface area contributed by atoms with Gasteiger partial charge in [-0.2, -0.15) is 0 Å². The number of ether oxygens (including phenoxy) is 1. The highest BCUT2D eigenvalue weighted by Gasteiger charge is 2.43. The van der Waals surface area contributed by atoms with E-state index in [2.05, 4.69) is 12.1 Å². The van der Waals surface area contributed by atoms with Crippen LogP contribution in [-0.4, -0.2) is 12.9 Å². The third-order valence-corrected chi connectivity index (χ3v) is 3.71. The molecule has 1 aliphatic rings. The van der Waals surface area contributed by atoms with Crippen molar-refractivity contribution in [2.24, 2.45) is 5.92 Å². The highest BCUT2D eigenvalue weighted by atomic mass is 16.5. The smallest absolute Gasteiger partial charge is 0.166 e. The third kappa shape index (κ3) is 2.39. The number of rotatable bonds is 4. The number of benzene rings is 2. The van der Waals surface area contributed by atoms with Gasteiger partial charge in [0.05, 0.1) is 7.11 Å². The Balaban J connectivity index is 1.76. The third-order valence-electron chi connectivity index (χ3n) is 3.71. The Morgan fingerprint density at radius 3 is 2.63 bits per heavy atom. The van der Waals surface area contributed by atoms with E-state index in [1.54, 1.807) is 7.11 Å². The van der Waals surface area contributed by atoms with E-state index in [0.29, 0.717) is 5.92 Å². The fraction of sp³-hybridized carbons (Fsp3) is 0.235. The van der Waals surface area contributed by atoms with Gasteiger partial charge in [0.15, 0.2) is 5.78 Å². The lowest BCUT2D eigenvalue weighted by molar-refractivity contribution is 0.0965. The number of carbonyl (C=O) groups excluding carboxylic acids is 1. The normalized spacial score (nSPS) is 20.9. The van der Waals surface area contributed by atoms with E-state index in [1.807, 2.05) is 42.5 Å². The maximum Gasteiger partial charge on any atom is 0.166 e. The molecule has 0 radical (unpaired) electrons. The first-order chi connectivity index (χ1) is 9.29. The number of carbonyl (C=O) groups is 1. The van der Waals surface area contributed by atoms with Crippen LogP contribution in [-0.2, 0) is 0 Å². The molecule has 0 aliphatic heterocycles. The average Bonchev–Trinajstić information content (AvgIpc) is 3.28. The van der Waals surface area contributed by atoms with Gasteiger partial charge in [-0.25, -0.2) is 0 Å². The summed E-state index contributed by atoms with van der Waals surface area (Å²) in [7, 11) is 1.62. The molecule has 2 unspecified atom stereocenters. The van der Waals surface area contributed by atoms with E-state index in [4.69, 9.17) is 4.74 Å². The van der Waals surface area contributed by atoms with Crippen LogP contribution in [0, 0.1) is 5.92 Å². The Kier molecular flexibility index (Phi) is 3.08. The van der Waals surface area contributed by atoms with Crippen molar-refractivity contribution in [2.75, 3.05) is 7.11 Å². The molecule has 2 nitrogen and oxygen atoms in total. The molecule has 0 saturated heterocycles. The average molecular weight is 252 g/mol. The van der Waals surface area contributed by atoms with Crippen LogP contribution < -0.4 is 4.74 Å². The van der Waals surface area contributed by atoms with Crippen LogP contribution in [0.25, 0.3) is 0 Å². The molecule has 19 heavy (non-hydrogen) atoms. The summed E-state index contributed by atoms with van der Waals surface area (Å²) in [6.45, 7) is 0. The molecule has 3 rings (SSSR count). The van der Waals surface area contributed by atoms with Gasteiger partial charge in [-0.05, 0) is 30.0 Å². The SMILES string of the molecule is COc1cccc(C(=O)C2CC2c2ccccc2)c1. The van der Waals surface area contributed by atoms with Gasteiger partial charge < -0.3 is 4.74 Å². The minimum Gasteiger partial charge on any atom is -0.497 e. The maximum atomic E-state index is 12.4. The van der Waals surface area contributed by atoms with Crippen molar-refractivity contribution < 1.29 is 9.53 Å². The van der Waals surface area contributed by atoms with Crippen LogP contribution in [0.3, 0.4) is 0 Å². The Morgan fingerprint density at radius 1 is 1.11 bits per heavy atom. The second-order valence-corrected chi connectivity index (χ2v) is 4.96. The van der Waals surface area contributed by atoms with Crippen molar-refractivity contribution in [1.29, 1.82) is 0 Å². The standard InChI is InChI=1S/C17H16O2/c1-19-14-9-5-8-13(10-14)17(18)16-11-15(16)12-6-3-2-4-7-12/h2-10,15-16H,11H2,1H3.